The van der Waals surface area contributed by atoms with Gasteiger partial charge in [0, 0.05) is 6.54 Å². The summed E-state index contributed by atoms with van der Waals surface area (Å²) in [5, 5.41) is 12.4. The minimum atomic E-state index is -0.777. The Morgan fingerprint density at radius 2 is 2.29 bits per heavy atom. The van der Waals surface area contributed by atoms with E-state index in [1.165, 1.54) is 0 Å². The quantitative estimate of drug-likeness (QED) is 0.676. The number of benzene rings is 1. The van der Waals surface area contributed by atoms with Crippen molar-refractivity contribution in [2.45, 2.75) is 26.1 Å². The lowest BCUT2D eigenvalue weighted by Gasteiger charge is -2.16. The molecular weight excluding hydrogens is 270 g/mol. The molecule has 0 saturated carbocycles. The zero-order valence-electron chi connectivity index (χ0n) is 12.5. The monoisotopic (exact) mass is 293 g/mol. The predicted molar refractivity (Wildman–Crippen MR) is 81.3 cm³/mol. The molecule has 0 aromatic heterocycles. The molecule has 0 spiro atoms. The summed E-state index contributed by atoms with van der Waals surface area (Å²) >= 11 is 0. The Labute approximate surface area is 125 Å². The summed E-state index contributed by atoms with van der Waals surface area (Å²) in [6.07, 6.45) is 0.225. The van der Waals surface area contributed by atoms with Crippen LogP contribution >= 0.6 is 0 Å². The second-order valence-corrected chi connectivity index (χ2v) is 4.79. The fraction of sp³-hybridized carbons (Fsp3) is 0.438. The van der Waals surface area contributed by atoms with E-state index in [1.54, 1.807) is 13.0 Å². The third-order valence-corrected chi connectivity index (χ3v) is 2.78. The van der Waals surface area contributed by atoms with Crippen LogP contribution in [-0.4, -0.2) is 43.0 Å². The van der Waals surface area contributed by atoms with Gasteiger partial charge in [-0.2, -0.15) is 0 Å². The zero-order chi connectivity index (χ0) is 15.7. The second-order valence-electron chi connectivity index (χ2n) is 4.79. The van der Waals surface area contributed by atoms with Gasteiger partial charge < -0.3 is 19.9 Å². The van der Waals surface area contributed by atoms with Crippen LogP contribution in [0.2, 0.25) is 0 Å². The van der Waals surface area contributed by atoms with Crippen molar-refractivity contribution in [3.63, 3.8) is 0 Å². The molecule has 2 atom stereocenters. The Hall–Kier alpha value is -1.85. The average molecular weight is 293 g/mol. The number of nitrogens with one attached hydrogen (secondary N) is 1. The van der Waals surface area contributed by atoms with Gasteiger partial charge in [0.05, 0.1) is 6.61 Å². The number of ether oxygens (including phenoxy) is 2. The van der Waals surface area contributed by atoms with Crippen LogP contribution in [0.25, 0.3) is 0 Å². The first-order valence-corrected chi connectivity index (χ1v) is 6.90. The van der Waals surface area contributed by atoms with E-state index in [9.17, 15) is 9.90 Å². The molecule has 1 rings (SSSR count). The Kier molecular flexibility index (Phi) is 7.50. The number of hydrogen-bond acceptors (Lipinski definition) is 4. The van der Waals surface area contributed by atoms with Gasteiger partial charge in [0.25, 0.3) is 0 Å². The third-order valence-electron chi connectivity index (χ3n) is 2.78. The first-order chi connectivity index (χ1) is 10.0. The summed E-state index contributed by atoms with van der Waals surface area (Å²) < 4.78 is 10.6. The van der Waals surface area contributed by atoms with E-state index in [-0.39, 0.29) is 19.1 Å². The fourth-order valence-electron chi connectivity index (χ4n) is 1.61. The molecule has 0 radical (unpaired) electrons. The standard InChI is InChI=1S/C16H23NO4/c1-4-8-20-13(3)16(19)17-10-14(18)11-21-15-7-5-6-12(2)9-15/h4-7,9,13-14,18H,1,8,10-11H2,2-3H3,(H,17,19). The summed E-state index contributed by atoms with van der Waals surface area (Å²) in [5.74, 6) is 0.425. The van der Waals surface area contributed by atoms with Crippen molar-refractivity contribution in [2.24, 2.45) is 0 Å². The lowest BCUT2D eigenvalue weighted by atomic mass is 10.2. The second kappa shape index (κ2) is 9.15. The largest absolute Gasteiger partial charge is 0.491 e. The van der Waals surface area contributed by atoms with Crippen LogP contribution in [0.15, 0.2) is 36.9 Å². The molecule has 5 heteroatoms. The molecule has 0 aliphatic rings. The molecule has 21 heavy (non-hydrogen) atoms. The molecule has 0 aliphatic heterocycles. The molecule has 1 aromatic carbocycles. The van der Waals surface area contributed by atoms with Crippen LogP contribution in [0, 0.1) is 6.92 Å². The molecule has 0 bridgehead atoms. The maximum atomic E-state index is 11.6. The number of rotatable bonds is 9. The summed E-state index contributed by atoms with van der Waals surface area (Å²) in [4.78, 5) is 11.6. The van der Waals surface area contributed by atoms with Crippen molar-refractivity contribution in [3.05, 3.63) is 42.5 Å². The van der Waals surface area contributed by atoms with Crippen LogP contribution in [0.5, 0.6) is 5.75 Å². The van der Waals surface area contributed by atoms with Gasteiger partial charge in [0.1, 0.15) is 24.6 Å². The van der Waals surface area contributed by atoms with Gasteiger partial charge in [-0.25, -0.2) is 0 Å². The SMILES string of the molecule is C=CCOC(C)C(=O)NCC(O)COc1cccc(C)c1. The highest BCUT2D eigenvalue weighted by atomic mass is 16.5. The van der Waals surface area contributed by atoms with Crippen LogP contribution in [0.1, 0.15) is 12.5 Å². The van der Waals surface area contributed by atoms with Crippen molar-refractivity contribution in [1.82, 2.24) is 5.32 Å². The van der Waals surface area contributed by atoms with Crippen molar-refractivity contribution >= 4 is 5.91 Å². The molecule has 0 heterocycles. The number of carbonyl (C=O) groups excluding carboxylic acids is 1. The first-order valence-electron chi connectivity index (χ1n) is 6.90. The van der Waals surface area contributed by atoms with Gasteiger partial charge in [-0.15, -0.1) is 6.58 Å². The number of hydrogen-bond donors (Lipinski definition) is 2. The van der Waals surface area contributed by atoms with Crippen molar-refractivity contribution in [2.75, 3.05) is 19.8 Å². The molecule has 0 aliphatic carbocycles. The molecule has 116 valence electrons. The molecule has 0 saturated heterocycles. The number of aliphatic hydroxyl groups excluding tert-OH is 1. The lowest BCUT2D eigenvalue weighted by Crippen LogP contribution is -2.40. The Morgan fingerprint density at radius 3 is 2.95 bits per heavy atom. The van der Waals surface area contributed by atoms with Crippen molar-refractivity contribution in [1.29, 1.82) is 0 Å². The van der Waals surface area contributed by atoms with Gasteiger partial charge in [-0.1, -0.05) is 18.2 Å². The van der Waals surface area contributed by atoms with Crippen molar-refractivity contribution in [3.8, 4) is 5.75 Å². The topological polar surface area (TPSA) is 67.8 Å². The molecular formula is C16H23NO4. The molecule has 5 nitrogen and oxygen atoms in total. The van der Waals surface area contributed by atoms with E-state index in [0.717, 1.165) is 5.56 Å². The predicted octanol–water partition coefficient (Wildman–Crippen LogP) is 1.44. The van der Waals surface area contributed by atoms with E-state index in [1.807, 2.05) is 31.2 Å². The maximum absolute atomic E-state index is 11.6. The average Bonchev–Trinajstić information content (AvgIpc) is 2.48. The van der Waals surface area contributed by atoms with Crippen LogP contribution < -0.4 is 10.1 Å². The highest BCUT2D eigenvalue weighted by Crippen LogP contribution is 2.12. The first kappa shape index (κ1) is 17.2. The van der Waals surface area contributed by atoms with Gasteiger partial charge in [-0.05, 0) is 31.5 Å². The van der Waals surface area contributed by atoms with Gasteiger partial charge in [0.15, 0.2) is 0 Å². The molecule has 2 unspecified atom stereocenters. The fourth-order valence-corrected chi connectivity index (χ4v) is 1.61. The summed E-state index contributed by atoms with van der Waals surface area (Å²) in [6.45, 7) is 7.67. The summed E-state index contributed by atoms with van der Waals surface area (Å²) in [6, 6.07) is 7.56. The van der Waals surface area contributed by atoms with Crippen molar-refractivity contribution < 1.29 is 19.4 Å². The van der Waals surface area contributed by atoms with E-state index < -0.39 is 12.2 Å². The van der Waals surface area contributed by atoms with Crippen LogP contribution in [-0.2, 0) is 9.53 Å². The lowest BCUT2D eigenvalue weighted by molar-refractivity contribution is -0.131. The Bertz CT molecular complexity index is 461. The molecule has 1 aromatic rings. The highest BCUT2D eigenvalue weighted by Gasteiger charge is 2.14. The summed E-state index contributed by atoms with van der Waals surface area (Å²) in [7, 11) is 0. The minimum Gasteiger partial charge on any atom is -0.491 e. The molecule has 0 fully saturated rings. The number of aliphatic hydroxyl groups is 1. The molecule has 1 amide bonds. The third kappa shape index (κ3) is 6.92. The minimum absolute atomic E-state index is 0.117. The van der Waals surface area contributed by atoms with Crippen LogP contribution in [0.4, 0.5) is 0 Å². The summed E-state index contributed by atoms with van der Waals surface area (Å²) in [5.41, 5.74) is 1.09. The smallest absolute Gasteiger partial charge is 0.248 e. The normalized spacial score (nSPS) is 13.3. The van der Waals surface area contributed by atoms with Gasteiger partial charge in [0.2, 0.25) is 5.91 Å². The number of aryl methyl sites for hydroxylation is 1. The number of carbonyl (C=O) groups is 1. The zero-order valence-corrected chi connectivity index (χ0v) is 12.5. The van der Waals surface area contributed by atoms with E-state index >= 15 is 0 Å². The van der Waals surface area contributed by atoms with Gasteiger partial charge >= 0.3 is 0 Å². The highest BCUT2D eigenvalue weighted by molar-refractivity contribution is 5.80. The van der Waals surface area contributed by atoms with E-state index in [0.29, 0.717) is 12.4 Å². The van der Waals surface area contributed by atoms with E-state index in [2.05, 4.69) is 11.9 Å². The maximum Gasteiger partial charge on any atom is 0.248 e. The van der Waals surface area contributed by atoms with Gasteiger partial charge in [-0.3, -0.25) is 4.79 Å². The van der Waals surface area contributed by atoms with E-state index in [4.69, 9.17) is 9.47 Å². The Balaban J connectivity index is 2.26. The molecule has 2 N–H and O–H groups in total. The van der Waals surface area contributed by atoms with Crippen LogP contribution in [0.3, 0.4) is 0 Å². The Morgan fingerprint density at radius 1 is 1.52 bits per heavy atom. The number of amides is 1.